The van der Waals surface area contributed by atoms with E-state index in [0.717, 1.165) is 0 Å². The monoisotopic (exact) mass is 629 g/mol. The third-order valence-corrected chi connectivity index (χ3v) is 3.89. The average molecular weight is 630 g/mol. The molecule has 3 aromatic heterocycles. The molecule has 3 aromatic rings. The van der Waals surface area contributed by atoms with Gasteiger partial charge in [-0.1, -0.05) is 0 Å². The Kier molecular flexibility index (Phi) is 21.8. The van der Waals surface area contributed by atoms with Crippen molar-refractivity contribution in [3.8, 4) is 5.82 Å². The summed E-state index contributed by atoms with van der Waals surface area (Å²) in [7, 11) is 0. The number of nitrogens with one attached hydrogen (secondary N) is 1. The zero-order valence-electron chi connectivity index (χ0n) is 20.9. The largest absolute Gasteiger partial charge is 1.00 e. The Morgan fingerprint density at radius 2 is 1.65 bits per heavy atom. The van der Waals surface area contributed by atoms with Gasteiger partial charge < -0.3 is 11.6 Å². The number of aryl methyl sites for hydroxylation is 2. The molecule has 0 radical (unpaired) electrons. The molecule has 184 valence electrons. The predicted octanol–water partition coefficient (Wildman–Crippen LogP) is -5.07. The number of aromatic nitrogens is 5. The summed E-state index contributed by atoms with van der Waals surface area (Å²) in [4.78, 5) is 46.3. The first-order valence-corrected chi connectivity index (χ1v) is 9.68. The van der Waals surface area contributed by atoms with Gasteiger partial charge in [-0.3, -0.25) is 25.0 Å². The van der Waals surface area contributed by atoms with Gasteiger partial charge in [-0.05, 0) is 47.0 Å². The Labute approximate surface area is 303 Å². The first-order valence-electron chi connectivity index (χ1n) is 8.89. The molecule has 0 amide bonds. The van der Waals surface area contributed by atoms with Crippen molar-refractivity contribution in [1.29, 1.82) is 0 Å². The summed E-state index contributed by atoms with van der Waals surface area (Å²) in [6.07, 6.45) is 6.62. The van der Waals surface area contributed by atoms with E-state index in [9.17, 15) is 20.2 Å². The molecule has 0 aliphatic carbocycles. The van der Waals surface area contributed by atoms with E-state index >= 15 is 0 Å². The first kappa shape index (κ1) is 37.6. The maximum Gasteiger partial charge on any atom is 1.00 e. The molecule has 0 saturated carbocycles. The number of aliphatic imine (C=N–C) groups is 1. The van der Waals surface area contributed by atoms with Crippen LogP contribution in [-0.4, -0.2) is 53.7 Å². The standard InChI is InChI=1S/C8H7N5O2.C6H5BrN2O2.C2H2N3.CH2O3.2K.H/c1-6-7(13(14)15)2-3-8(11-6)12-5-9-4-10-12;1-4-5(9(10)11)2-3-6(7)8-4;1-3-2-5-4-1;2-1-4-3;;;/h2-5H,1H3;2-3H,1H3;1H,(H,3,4,5);1,3H;;;/q;;+1;;2*+1;-1/p-1. The first-order chi connectivity index (χ1) is 16.7. The number of hydrazone groups is 1. The summed E-state index contributed by atoms with van der Waals surface area (Å²) >= 11 is 3.11. The second-order valence-corrected chi connectivity index (χ2v) is 6.47. The maximum atomic E-state index is 10.6. The molecule has 20 heteroatoms. The van der Waals surface area contributed by atoms with Gasteiger partial charge in [0, 0.05) is 17.1 Å². The second-order valence-electron chi connectivity index (χ2n) is 5.66. The summed E-state index contributed by atoms with van der Waals surface area (Å²) in [5.41, 5.74) is 3.20. The third-order valence-electron chi connectivity index (χ3n) is 3.45. The topological polar surface area (TPSA) is 229 Å². The van der Waals surface area contributed by atoms with E-state index in [1.165, 1.54) is 41.9 Å². The summed E-state index contributed by atoms with van der Waals surface area (Å²) in [5, 5.41) is 36.6. The van der Waals surface area contributed by atoms with Gasteiger partial charge in [-0.15, -0.1) is 5.43 Å². The summed E-state index contributed by atoms with van der Waals surface area (Å²) in [6.45, 7) is 3.00. The van der Waals surface area contributed by atoms with Crippen molar-refractivity contribution in [3.63, 3.8) is 0 Å². The summed E-state index contributed by atoms with van der Waals surface area (Å²) in [5.74, 6) is 0.510. The smallest absolute Gasteiger partial charge is 1.00 e. The van der Waals surface area contributed by atoms with E-state index in [4.69, 9.17) is 10.1 Å². The van der Waals surface area contributed by atoms with Gasteiger partial charge in [0.25, 0.3) is 24.2 Å². The fourth-order valence-electron chi connectivity index (χ4n) is 2.05. The van der Waals surface area contributed by atoms with Crippen LogP contribution in [0.3, 0.4) is 0 Å². The zero-order chi connectivity index (χ0) is 26.2. The van der Waals surface area contributed by atoms with Gasteiger partial charge in [-0.2, -0.15) is 5.10 Å². The van der Waals surface area contributed by atoms with E-state index < -0.39 is 9.85 Å². The Hall–Kier alpha value is -1.53. The normalized spacial score (nSPS) is 9.51. The fraction of sp³-hybridized carbons (Fsp3) is 0.118. The van der Waals surface area contributed by atoms with Crippen molar-refractivity contribution in [1.82, 2.24) is 30.2 Å². The van der Waals surface area contributed by atoms with Gasteiger partial charge in [0.15, 0.2) is 5.82 Å². The van der Waals surface area contributed by atoms with Gasteiger partial charge in [0.1, 0.15) is 28.6 Å². The molecular weight excluding hydrogens is 614 g/mol. The number of carbonyl (C=O) groups is 1. The molecule has 17 nitrogen and oxygen atoms in total. The Morgan fingerprint density at radius 3 is 2.00 bits per heavy atom. The molecule has 0 aromatic carbocycles. The third kappa shape index (κ3) is 14.9. The zero-order valence-corrected chi connectivity index (χ0v) is 27.7. The summed E-state index contributed by atoms with van der Waals surface area (Å²) in [6, 6.07) is 5.90. The van der Waals surface area contributed by atoms with E-state index in [-0.39, 0.29) is 122 Å². The van der Waals surface area contributed by atoms with E-state index in [2.05, 4.69) is 62.7 Å². The van der Waals surface area contributed by atoms with Crippen LogP contribution in [0.2, 0.25) is 0 Å². The SMILES string of the molecule is Cc1nc(-n2cncn2)ccc1[N+](=O)[O-].Cc1nc(Br)ccc1[N+](=O)[O-].O=CO[O-].[C+]1=NC=NN1.[H-].[K+].[K+]. The van der Waals surface area contributed by atoms with Gasteiger partial charge in [0.05, 0.1) is 9.85 Å². The van der Waals surface area contributed by atoms with Gasteiger partial charge >= 0.3 is 109 Å². The molecular formula is C17H16BrK2N10O7+. The van der Waals surface area contributed by atoms with Crippen molar-refractivity contribution in [2.75, 3.05) is 0 Å². The number of nitro groups is 2. The van der Waals surface area contributed by atoms with Gasteiger partial charge in [0.2, 0.25) is 0 Å². The molecule has 1 N–H and O–H groups in total. The van der Waals surface area contributed by atoms with Crippen molar-refractivity contribution in [2.24, 2.45) is 10.1 Å². The molecule has 0 bridgehead atoms. The minimum Gasteiger partial charge on any atom is -1.00 e. The molecule has 0 unspecified atom stereocenters. The molecule has 37 heavy (non-hydrogen) atoms. The number of rotatable bonds is 4. The van der Waals surface area contributed by atoms with Crippen molar-refractivity contribution >= 4 is 46.5 Å². The number of hydrogen-bond acceptors (Lipinski definition) is 14. The van der Waals surface area contributed by atoms with Crippen LogP contribution < -0.4 is 113 Å². The van der Waals surface area contributed by atoms with Crippen LogP contribution in [0, 0.1) is 34.1 Å². The van der Waals surface area contributed by atoms with Crippen molar-refractivity contribution < 1.29 is 129 Å². The molecule has 4 rings (SSSR count). The van der Waals surface area contributed by atoms with E-state index in [1.54, 1.807) is 19.9 Å². The van der Waals surface area contributed by atoms with E-state index in [1.807, 2.05) is 0 Å². The molecule has 1 aliphatic rings. The number of carbonyl (C=O) groups excluding carboxylic acids is 1. The summed E-state index contributed by atoms with van der Waals surface area (Å²) < 4.78 is 2.05. The number of hydrogen-bond donors (Lipinski definition) is 1. The quantitative estimate of drug-likeness (QED) is 0.0543. The van der Waals surface area contributed by atoms with Crippen LogP contribution in [0.5, 0.6) is 0 Å². The van der Waals surface area contributed by atoms with E-state index in [0.29, 0.717) is 21.8 Å². The van der Waals surface area contributed by atoms with Crippen LogP contribution in [0.1, 0.15) is 12.8 Å². The second kappa shape index (κ2) is 21.4. The minimum absolute atomic E-state index is 0. The molecule has 4 heterocycles. The van der Waals surface area contributed by atoms with Crippen LogP contribution in [-0.2, 0) is 9.68 Å². The van der Waals surface area contributed by atoms with Crippen LogP contribution in [0.4, 0.5) is 11.4 Å². The molecule has 0 spiro atoms. The van der Waals surface area contributed by atoms with Crippen molar-refractivity contribution in [3.05, 3.63) is 73.1 Å². The Balaban J connectivity index is -0.000000470. The number of halogens is 1. The number of pyridine rings is 2. The molecule has 0 fully saturated rings. The molecule has 0 saturated heterocycles. The van der Waals surface area contributed by atoms with Crippen molar-refractivity contribution in [2.45, 2.75) is 13.8 Å². The Morgan fingerprint density at radius 1 is 1.08 bits per heavy atom. The maximum absolute atomic E-state index is 10.6. The van der Waals surface area contributed by atoms with Crippen LogP contribution in [0.15, 0.2) is 51.6 Å². The minimum atomic E-state index is -0.465. The average Bonchev–Trinajstić information content (AvgIpc) is 3.56. The van der Waals surface area contributed by atoms with Crippen LogP contribution >= 0.6 is 15.9 Å². The van der Waals surface area contributed by atoms with Gasteiger partial charge in [-0.25, -0.2) is 19.6 Å². The predicted molar refractivity (Wildman–Crippen MR) is 121 cm³/mol. The Bertz CT molecular complexity index is 1200. The number of nitrogens with zero attached hydrogens (tertiary/aromatic N) is 9. The molecule has 0 atom stereocenters. The molecule has 1 aliphatic heterocycles. The fourth-order valence-corrected chi connectivity index (χ4v) is 2.45. The van der Waals surface area contributed by atoms with Crippen LogP contribution in [0.25, 0.3) is 5.82 Å².